The summed E-state index contributed by atoms with van der Waals surface area (Å²) in [6.45, 7) is 7.21. The number of likely N-dealkylation sites (tertiary alicyclic amines) is 1. The molecule has 0 bridgehead atoms. The Hall–Kier alpha value is -3.48. The quantitative estimate of drug-likeness (QED) is 0.707. The number of amides is 2. The Bertz CT molecular complexity index is 1100. The van der Waals surface area contributed by atoms with E-state index >= 15 is 0 Å². The Morgan fingerprint density at radius 1 is 0.968 bits per heavy atom. The summed E-state index contributed by atoms with van der Waals surface area (Å²) in [5.41, 5.74) is 5.31. The number of aromatic nitrogens is 3. The van der Waals surface area contributed by atoms with Crippen LogP contribution in [0.4, 0.5) is 0 Å². The molecule has 1 aromatic heterocycles. The summed E-state index contributed by atoms with van der Waals surface area (Å²) < 4.78 is 1.61. The molecule has 3 aromatic rings. The van der Waals surface area contributed by atoms with Crippen LogP contribution in [-0.4, -0.2) is 50.8 Å². The van der Waals surface area contributed by atoms with E-state index in [9.17, 15) is 9.59 Å². The molecule has 7 nitrogen and oxygen atoms in total. The number of benzene rings is 2. The third-order valence-electron chi connectivity index (χ3n) is 5.90. The van der Waals surface area contributed by atoms with Gasteiger partial charge < -0.3 is 10.2 Å². The standard InChI is InChI=1S/C24H27N5O2/c1-16-4-8-21(9-5-16)29-15-22(26-27-29)24(31)28-12-10-20(11-13-28)25-23(30)19-7-6-17(2)18(3)14-19/h4-9,14-15,20H,10-13H2,1-3H3,(H,25,30). The molecule has 31 heavy (non-hydrogen) atoms. The van der Waals surface area contributed by atoms with E-state index in [1.165, 1.54) is 5.56 Å². The maximum atomic E-state index is 12.8. The number of carbonyl (C=O) groups excluding carboxylic acids is 2. The minimum Gasteiger partial charge on any atom is -0.349 e. The van der Waals surface area contributed by atoms with Gasteiger partial charge in [-0.25, -0.2) is 4.68 Å². The van der Waals surface area contributed by atoms with Crippen molar-refractivity contribution in [2.75, 3.05) is 13.1 Å². The lowest BCUT2D eigenvalue weighted by Crippen LogP contribution is -2.46. The Morgan fingerprint density at radius 2 is 1.68 bits per heavy atom. The molecule has 1 N–H and O–H groups in total. The summed E-state index contributed by atoms with van der Waals surface area (Å²) in [4.78, 5) is 27.2. The fourth-order valence-corrected chi connectivity index (χ4v) is 3.73. The highest BCUT2D eigenvalue weighted by atomic mass is 16.2. The first-order chi connectivity index (χ1) is 14.9. The minimum absolute atomic E-state index is 0.0569. The van der Waals surface area contributed by atoms with E-state index in [-0.39, 0.29) is 17.9 Å². The zero-order chi connectivity index (χ0) is 22.0. The molecular weight excluding hydrogens is 390 g/mol. The van der Waals surface area contributed by atoms with Gasteiger partial charge in [-0.15, -0.1) is 5.10 Å². The van der Waals surface area contributed by atoms with Crippen molar-refractivity contribution in [1.29, 1.82) is 0 Å². The number of piperidine rings is 1. The van der Waals surface area contributed by atoms with Crippen LogP contribution in [0.2, 0.25) is 0 Å². The zero-order valence-electron chi connectivity index (χ0n) is 18.1. The van der Waals surface area contributed by atoms with Crippen molar-refractivity contribution in [3.05, 3.63) is 76.6 Å². The second kappa shape index (κ2) is 8.71. The van der Waals surface area contributed by atoms with Crippen LogP contribution in [-0.2, 0) is 0 Å². The van der Waals surface area contributed by atoms with Crippen LogP contribution in [0.1, 0.15) is 50.4 Å². The Balaban J connectivity index is 1.33. The highest BCUT2D eigenvalue weighted by Crippen LogP contribution is 2.16. The molecule has 0 saturated carbocycles. The Kier molecular flexibility index (Phi) is 5.84. The molecule has 160 valence electrons. The molecule has 1 fully saturated rings. The van der Waals surface area contributed by atoms with Crippen LogP contribution < -0.4 is 5.32 Å². The van der Waals surface area contributed by atoms with Gasteiger partial charge >= 0.3 is 0 Å². The second-order valence-corrected chi connectivity index (χ2v) is 8.22. The van der Waals surface area contributed by atoms with Crippen molar-refractivity contribution < 1.29 is 9.59 Å². The molecule has 1 aliphatic heterocycles. The van der Waals surface area contributed by atoms with Gasteiger partial charge in [-0.1, -0.05) is 29.0 Å². The van der Waals surface area contributed by atoms with E-state index in [1.54, 1.807) is 15.8 Å². The van der Waals surface area contributed by atoms with Crippen LogP contribution in [0.15, 0.2) is 48.7 Å². The van der Waals surface area contributed by atoms with Gasteiger partial charge in [0.25, 0.3) is 11.8 Å². The van der Waals surface area contributed by atoms with Crippen LogP contribution in [0.3, 0.4) is 0 Å². The van der Waals surface area contributed by atoms with Crippen LogP contribution in [0.5, 0.6) is 0 Å². The van der Waals surface area contributed by atoms with Gasteiger partial charge in [0.1, 0.15) is 0 Å². The summed E-state index contributed by atoms with van der Waals surface area (Å²) >= 11 is 0. The third-order valence-corrected chi connectivity index (χ3v) is 5.90. The molecule has 0 radical (unpaired) electrons. The summed E-state index contributed by atoms with van der Waals surface area (Å²) in [6.07, 6.45) is 3.10. The number of aryl methyl sites for hydroxylation is 3. The Morgan fingerprint density at radius 3 is 2.35 bits per heavy atom. The number of rotatable bonds is 4. The monoisotopic (exact) mass is 417 g/mol. The van der Waals surface area contributed by atoms with Crippen molar-refractivity contribution in [3.63, 3.8) is 0 Å². The topological polar surface area (TPSA) is 80.1 Å². The summed E-state index contributed by atoms with van der Waals surface area (Å²) in [5, 5.41) is 11.3. The highest BCUT2D eigenvalue weighted by molar-refractivity contribution is 5.95. The lowest BCUT2D eigenvalue weighted by molar-refractivity contribution is 0.0692. The van der Waals surface area contributed by atoms with Gasteiger partial charge in [-0.2, -0.15) is 0 Å². The lowest BCUT2D eigenvalue weighted by atomic mass is 10.0. The summed E-state index contributed by atoms with van der Waals surface area (Å²) in [5.74, 6) is -0.189. The number of nitrogens with one attached hydrogen (secondary N) is 1. The van der Waals surface area contributed by atoms with Gasteiger partial charge in [-0.3, -0.25) is 9.59 Å². The fraction of sp³-hybridized carbons (Fsp3) is 0.333. The fourth-order valence-electron chi connectivity index (χ4n) is 3.73. The number of nitrogens with zero attached hydrogens (tertiary/aromatic N) is 4. The first kappa shape index (κ1) is 20.8. The van der Waals surface area contributed by atoms with Gasteiger partial charge in [-0.05, 0) is 69.0 Å². The van der Waals surface area contributed by atoms with Crippen LogP contribution in [0.25, 0.3) is 5.69 Å². The van der Waals surface area contributed by atoms with Gasteiger partial charge in [0.15, 0.2) is 5.69 Å². The normalized spacial score (nSPS) is 14.5. The van der Waals surface area contributed by atoms with Crippen LogP contribution in [0, 0.1) is 20.8 Å². The van der Waals surface area contributed by atoms with Crippen molar-refractivity contribution in [3.8, 4) is 5.69 Å². The van der Waals surface area contributed by atoms with Crippen molar-refractivity contribution >= 4 is 11.8 Å². The molecule has 0 spiro atoms. The average molecular weight is 418 g/mol. The highest BCUT2D eigenvalue weighted by Gasteiger charge is 2.26. The molecular formula is C24H27N5O2. The lowest BCUT2D eigenvalue weighted by Gasteiger charge is -2.32. The smallest absolute Gasteiger partial charge is 0.276 e. The third kappa shape index (κ3) is 4.66. The first-order valence-electron chi connectivity index (χ1n) is 10.6. The Labute approximate surface area is 182 Å². The van der Waals surface area contributed by atoms with Gasteiger partial charge in [0.2, 0.25) is 0 Å². The van der Waals surface area contributed by atoms with E-state index in [4.69, 9.17) is 0 Å². The number of carbonyl (C=O) groups is 2. The molecule has 4 rings (SSSR count). The van der Waals surface area contributed by atoms with E-state index < -0.39 is 0 Å². The molecule has 2 heterocycles. The molecule has 1 saturated heterocycles. The molecule has 0 unspecified atom stereocenters. The van der Waals surface area contributed by atoms with E-state index in [0.717, 1.165) is 16.8 Å². The zero-order valence-corrected chi connectivity index (χ0v) is 18.1. The first-order valence-corrected chi connectivity index (χ1v) is 10.6. The molecule has 0 atom stereocenters. The van der Waals surface area contributed by atoms with Gasteiger partial charge in [0, 0.05) is 24.7 Å². The molecule has 7 heteroatoms. The minimum atomic E-state index is -0.128. The SMILES string of the molecule is Cc1ccc(-n2cc(C(=O)N3CCC(NC(=O)c4ccc(C)c(C)c4)CC3)nn2)cc1. The maximum absolute atomic E-state index is 12.8. The second-order valence-electron chi connectivity index (χ2n) is 8.22. The average Bonchev–Trinajstić information content (AvgIpc) is 3.26. The maximum Gasteiger partial charge on any atom is 0.276 e. The molecule has 0 aliphatic carbocycles. The van der Waals surface area contributed by atoms with E-state index in [2.05, 4.69) is 15.6 Å². The van der Waals surface area contributed by atoms with Crippen molar-refractivity contribution in [1.82, 2.24) is 25.2 Å². The van der Waals surface area contributed by atoms with Gasteiger partial charge in [0.05, 0.1) is 11.9 Å². The predicted octanol–water partition coefficient (Wildman–Crippen LogP) is 3.23. The molecule has 1 aliphatic rings. The van der Waals surface area contributed by atoms with Crippen molar-refractivity contribution in [2.45, 2.75) is 39.7 Å². The predicted molar refractivity (Wildman–Crippen MR) is 118 cm³/mol. The van der Waals surface area contributed by atoms with E-state index in [1.807, 2.05) is 63.2 Å². The summed E-state index contributed by atoms with van der Waals surface area (Å²) in [7, 11) is 0. The molecule has 2 aromatic carbocycles. The molecule has 2 amide bonds. The van der Waals surface area contributed by atoms with Crippen molar-refractivity contribution in [2.24, 2.45) is 0 Å². The number of hydrogen-bond donors (Lipinski definition) is 1. The summed E-state index contributed by atoms with van der Waals surface area (Å²) in [6, 6.07) is 13.7. The van der Waals surface area contributed by atoms with E-state index in [0.29, 0.717) is 37.2 Å². The number of hydrogen-bond acceptors (Lipinski definition) is 4. The largest absolute Gasteiger partial charge is 0.349 e. The van der Waals surface area contributed by atoms with Crippen LogP contribution >= 0.6 is 0 Å².